The standard InChI is InChI=1S/C18H18F4N2O4S/c1-24(12-13-3-2-4-14(19)11-13)17(25)9-10-23-29(26,27)16-7-5-15(6-8-16)28-18(20,21)22/h2-8,11,23H,9-10,12H2,1H3. The van der Waals surface area contributed by atoms with Crippen molar-refractivity contribution < 1.29 is 35.5 Å². The number of ether oxygens (including phenoxy) is 1. The number of rotatable bonds is 8. The van der Waals surface area contributed by atoms with E-state index in [-0.39, 0.29) is 30.3 Å². The van der Waals surface area contributed by atoms with Gasteiger partial charge in [-0.25, -0.2) is 17.5 Å². The molecule has 29 heavy (non-hydrogen) atoms. The van der Waals surface area contributed by atoms with Crippen LogP contribution in [0.3, 0.4) is 0 Å². The molecule has 2 aromatic rings. The number of hydrogen-bond donors (Lipinski definition) is 1. The van der Waals surface area contributed by atoms with Crippen molar-refractivity contribution >= 4 is 15.9 Å². The predicted octanol–water partition coefficient (Wildman–Crippen LogP) is 3.05. The van der Waals surface area contributed by atoms with E-state index in [2.05, 4.69) is 9.46 Å². The lowest BCUT2D eigenvalue weighted by atomic mass is 10.2. The largest absolute Gasteiger partial charge is 0.573 e. The SMILES string of the molecule is CN(Cc1cccc(F)c1)C(=O)CCNS(=O)(=O)c1ccc(OC(F)(F)F)cc1. The minimum atomic E-state index is -4.88. The van der Waals surface area contributed by atoms with Crippen LogP contribution < -0.4 is 9.46 Å². The van der Waals surface area contributed by atoms with Crippen molar-refractivity contribution in [1.29, 1.82) is 0 Å². The van der Waals surface area contributed by atoms with E-state index in [9.17, 15) is 30.8 Å². The molecule has 1 amide bonds. The molecule has 6 nitrogen and oxygen atoms in total. The Hall–Kier alpha value is -2.66. The summed E-state index contributed by atoms with van der Waals surface area (Å²) >= 11 is 0. The summed E-state index contributed by atoms with van der Waals surface area (Å²) < 4.78 is 79.8. The molecule has 2 aromatic carbocycles. The summed E-state index contributed by atoms with van der Waals surface area (Å²) in [5, 5.41) is 0. The maximum Gasteiger partial charge on any atom is 0.573 e. The summed E-state index contributed by atoms with van der Waals surface area (Å²) in [6, 6.07) is 9.41. The first-order chi connectivity index (χ1) is 13.5. The molecule has 11 heteroatoms. The fraction of sp³-hybridized carbons (Fsp3) is 0.278. The Morgan fingerprint density at radius 3 is 2.38 bits per heavy atom. The molecule has 0 unspecified atom stereocenters. The molecule has 0 aliphatic carbocycles. The van der Waals surface area contributed by atoms with Crippen molar-refractivity contribution in [2.45, 2.75) is 24.2 Å². The third-order valence-corrected chi connectivity index (χ3v) is 5.21. The normalized spacial score (nSPS) is 11.9. The number of benzene rings is 2. The van der Waals surface area contributed by atoms with Gasteiger partial charge >= 0.3 is 6.36 Å². The third-order valence-electron chi connectivity index (χ3n) is 3.73. The Morgan fingerprint density at radius 2 is 1.79 bits per heavy atom. The summed E-state index contributed by atoms with van der Waals surface area (Å²) in [5.41, 5.74) is 0.586. The lowest BCUT2D eigenvalue weighted by Crippen LogP contribution is -2.32. The van der Waals surface area contributed by atoms with Crippen LogP contribution in [0.15, 0.2) is 53.4 Å². The minimum Gasteiger partial charge on any atom is -0.406 e. The zero-order valence-electron chi connectivity index (χ0n) is 15.2. The number of carbonyl (C=O) groups excluding carboxylic acids is 1. The zero-order chi connectivity index (χ0) is 21.7. The van der Waals surface area contributed by atoms with Crippen LogP contribution in [0, 0.1) is 5.82 Å². The fourth-order valence-corrected chi connectivity index (χ4v) is 3.42. The molecule has 0 bridgehead atoms. The monoisotopic (exact) mass is 434 g/mol. The van der Waals surface area contributed by atoms with Gasteiger partial charge in [0.05, 0.1) is 4.90 Å². The van der Waals surface area contributed by atoms with E-state index in [0.717, 1.165) is 24.3 Å². The number of nitrogens with one attached hydrogen (secondary N) is 1. The zero-order valence-corrected chi connectivity index (χ0v) is 16.1. The molecule has 0 atom stereocenters. The van der Waals surface area contributed by atoms with Crippen molar-refractivity contribution in [2.24, 2.45) is 0 Å². The first-order valence-electron chi connectivity index (χ1n) is 8.30. The van der Waals surface area contributed by atoms with Crippen LogP contribution in [-0.4, -0.2) is 39.2 Å². The Kier molecular flexibility index (Phi) is 7.20. The second-order valence-electron chi connectivity index (χ2n) is 6.05. The van der Waals surface area contributed by atoms with Crippen molar-refractivity contribution in [3.8, 4) is 5.75 Å². The van der Waals surface area contributed by atoms with Crippen molar-refractivity contribution in [3.63, 3.8) is 0 Å². The average Bonchev–Trinajstić information content (AvgIpc) is 2.60. The summed E-state index contributed by atoms with van der Waals surface area (Å²) in [5.74, 6) is -1.35. The maximum atomic E-state index is 13.2. The summed E-state index contributed by atoms with van der Waals surface area (Å²) in [6.45, 7) is -0.0561. The van der Waals surface area contributed by atoms with E-state index in [1.165, 1.54) is 30.1 Å². The maximum absolute atomic E-state index is 13.2. The third kappa shape index (κ3) is 7.35. The first kappa shape index (κ1) is 22.6. The lowest BCUT2D eigenvalue weighted by molar-refractivity contribution is -0.274. The molecule has 0 spiro atoms. The van der Waals surface area contributed by atoms with Crippen LogP contribution >= 0.6 is 0 Å². The average molecular weight is 434 g/mol. The second kappa shape index (κ2) is 9.23. The Morgan fingerprint density at radius 1 is 1.14 bits per heavy atom. The molecule has 0 aliphatic rings. The second-order valence-corrected chi connectivity index (χ2v) is 7.81. The number of halogens is 4. The van der Waals surface area contributed by atoms with Gasteiger partial charge in [0.15, 0.2) is 0 Å². The van der Waals surface area contributed by atoms with E-state index in [1.54, 1.807) is 6.07 Å². The van der Waals surface area contributed by atoms with Crippen LogP contribution in [0.5, 0.6) is 5.75 Å². The van der Waals surface area contributed by atoms with Crippen LogP contribution in [-0.2, 0) is 21.4 Å². The van der Waals surface area contributed by atoms with Crippen molar-refractivity contribution in [1.82, 2.24) is 9.62 Å². The predicted molar refractivity (Wildman–Crippen MR) is 95.8 cm³/mol. The van der Waals surface area contributed by atoms with Gasteiger partial charge in [-0.3, -0.25) is 4.79 Å². The highest BCUT2D eigenvalue weighted by Gasteiger charge is 2.31. The number of amides is 1. The van der Waals surface area contributed by atoms with Crippen LogP contribution in [0.4, 0.5) is 17.6 Å². The van der Waals surface area contributed by atoms with Gasteiger partial charge in [-0.15, -0.1) is 13.2 Å². The van der Waals surface area contributed by atoms with Gasteiger partial charge in [-0.2, -0.15) is 0 Å². The number of nitrogens with zero attached hydrogens (tertiary/aromatic N) is 1. The molecular weight excluding hydrogens is 416 g/mol. The summed E-state index contributed by atoms with van der Waals surface area (Å²) in [6.07, 6.45) is -5.03. The van der Waals surface area contributed by atoms with Gasteiger partial charge in [0, 0.05) is 26.6 Å². The molecule has 0 aromatic heterocycles. The number of hydrogen-bond acceptors (Lipinski definition) is 4. The van der Waals surface area contributed by atoms with Gasteiger partial charge in [-0.05, 0) is 42.0 Å². The van der Waals surface area contributed by atoms with Crippen molar-refractivity contribution in [2.75, 3.05) is 13.6 Å². The number of carbonyl (C=O) groups is 1. The summed E-state index contributed by atoms with van der Waals surface area (Å²) in [4.78, 5) is 13.2. The Balaban J connectivity index is 1.87. The number of alkyl halides is 3. The Bertz CT molecular complexity index is 947. The molecule has 1 N–H and O–H groups in total. The quantitative estimate of drug-likeness (QED) is 0.648. The van der Waals surface area contributed by atoms with Gasteiger partial charge < -0.3 is 9.64 Å². The van der Waals surface area contributed by atoms with E-state index >= 15 is 0 Å². The first-order valence-corrected chi connectivity index (χ1v) is 9.78. The van der Waals surface area contributed by atoms with Crippen LogP contribution in [0.1, 0.15) is 12.0 Å². The summed E-state index contributed by atoms with van der Waals surface area (Å²) in [7, 11) is -2.51. The molecule has 158 valence electrons. The minimum absolute atomic E-state index is 0.152. The highest BCUT2D eigenvalue weighted by molar-refractivity contribution is 7.89. The molecule has 0 saturated carbocycles. The van der Waals surface area contributed by atoms with Gasteiger partial charge in [0.25, 0.3) is 0 Å². The highest BCUT2D eigenvalue weighted by Crippen LogP contribution is 2.23. The molecule has 2 rings (SSSR count). The van der Waals surface area contributed by atoms with Crippen molar-refractivity contribution in [3.05, 3.63) is 59.9 Å². The van der Waals surface area contributed by atoms with E-state index in [0.29, 0.717) is 5.56 Å². The Labute approximate surface area is 165 Å². The van der Waals surface area contributed by atoms with E-state index in [4.69, 9.17) is 0 Å². The lowest BCUT2D eigenvalue weighted by Gasteiger charge is -2.17. The highest BCUT2D eigenvalue weighted by atomic mass is 32.2. The smallest absolute Gasteiger partial charge is 0.406 e. The van der Waals surface area contributed by atoms with Gasteiger partial charge in [0.1, 0.15) is 11.6 Å². The topological polar surface area (TPSA) is 75.7 Å². The molecule has 0 radical (unpaired) electrons. The molecule has 0 fully saturated rings. The molecule has 0 aliphatic heterocycles. The number of sulfonamides is 1. The fourth-order valence-electron chi connectivity index (χ4n) is 2.38. The van der Waals surface area contributed by atoms with Crippen LogP contribution in [0.25, 0.3) is 0 Å². The van der Waals surface area contributed by atoms with E-state index < -0.39 is 28.0 Å². The van der Waals surface area contributed by atoms with Gasteiger partial charge in [0.2, 0.25) is 15.9 Å². The van der Waals surface area contributed by atoms with Gasteiger partial charge in [-0.1, -0.05) is 12.1 Å². The molecule has 0 saturated heterocycles. The van der Waals surface area contributed by atoms with Crippen LogP contribution in [0.2, 0.25) is 0 Å². The molecule has 0 heterocycles. The van der Waals surface area contributed by atoms with E-state index in [1.807, 2.05) is 0 Å². The molecular formula is C18H18F4N2O4S.